The molecule has 35 heavy (non-hydrogen) atoms. The maximum Gasteiger partial charge on any atom is 0.243 e. The lowest BCUT2D eigenvalue weighted by Crippen LogP contribution is -2.52. The molecule has 0 fully saturated rings. The predicted octanol–water partition coefficient (Wildman–Crippen LogP) is 6.49. The zero-order valence-electron chi connectivity index (χ0n) is 20.3. The summed E-state index contributed by atoms with van der Waals surface area (Å²) in [5.41, 5.74) is 2.02. The normalized spacial score (nSPS) is 12.5. The number of thioether (sulfide) groups is 1. The maximum absolute atomic E-state index is 13.6. The summed E-state index contributed by atoms with van der Waals surface area (Å²) in [7, 11) is 0. The van der Waals surface area contributed by atoms with E-state index in [0.717, 1.165) is 26.9 Å². The van der Waals surface area contributed by atoms with Crippen molar-refractivity contribution in [3.05, 3.63) is 101 Å². The van der Waals surface area contributed by atoms with E-state index in [1.165, 1.54) is 0 Å². The van der Waals surface area contributed by atoms with Gasteiger partial charge in [0.15, 0.2) is 0 Å². The molecule has 1 N–H and O–H groups in total. The number of carbonyl (C=O) groups excluding carboxylic acids is 2. The van der Waals surface area contributed by atoms with Crippen molar-refractivity contribution in [2.24, 2.45) is 0 Å². The maximum atomic E-state index is 13.6. The van der Waals surface area contributed by atoms with Crippen LogP contribution < -0.4 is 5.32 Å². The van der Waals surface area contributed by atoms with Gasteiger partial charge in [0.05, 0.1) is 0 Å². The first kappa shape index (κ1) is 27.0. The molecule has 0 spiro atoms. The minimum Gasteiger partial charge on any atom is -0.352 e. The largest absolute Gasteiger partial charge is 0.352 e. The van der Waals surface area contributed by atoms with Crippen LogP contribution in [0.3, 0.4) is 0 Å². The summed E-state index contributed by atoms with van der Waals surface area (Å²) >= 11 is 5.14. The van der Waals surface area contributed by atoms with Crippen LogP contribution in [0, 0.1) is 0 Å². The van der Waals surface area contributed by atoms with E-state index in [9.17, 15) is 9.59 Å². The molecule has 3 aromatic carbocycles. The quantitative estimate of drug-likeness (QED) is 0.261. The number of carbonyl (C=O) groups is 2. The van der Waals surface area contributed by atoms with Crippen LogP contribution in [0.2, 0.25) is 0 Å². The molecule has 184 valence electrons. The third kappa shape index (κ3) is 8.86. The minimum absolute atomic E-state index is 0.0171. The van der Waals surface area contributed by atoms with Gasteiger partial charge in [0.1, 0.15) is 6.04 Å². The van der Waals surface area contributed by atoms with Crippen LogP contribution in [0.25, 0.3) is 0 Å². The Bertz CT molecular complexity index is 1060. The van der Waals surface area contributed by atoms with Crippen molar-refractivity contribution in [2.45, 2.75) is 56.6 Å². The Kier molecular flexibility index (Phi) is 10.9. The highest BCUT2D eigenvalue weighted by molar-refractivity contribution is 9.10. The minimum atomic E-state index is -0.593. The van der Waals surface area contributed by atoms with Crippen molar-refractivity contribution in [3.8, 4) is 0 Å². The monoisotopic (exact) mass is 552 g/mol. The first-order valence-electron chi connectivity index (χ1n) is 12.0. The van der Waals surface area contributed by atoms with E-state index in [-0.39, 0.29) is 17.9 Å². The Labute approximate surface area is 221 Å². The SMILES string of the molecule is CCC(C)NC(=O)C(Cc1ccccc1)N(Cc1ccc(Br)cc1)C(=O)CCSc1ccccc1. The molecule has 2 atom stereocenters. The molecule has 0 saturated heterocycles. The van der Waals surface area contributed by atoms with Gasteiger partial charge in [-0.05, 0) is 48.7 Å². The van der Waals surface area contributed by atoms with Gasteiger partial charge in [-0.25, -0.2) is 0 Å². The summed E-state index contributed by atoms with van der Waals surface area (Å²) in [5.74, 6) is 0.533. The predicted molar refractivity (Wildman–Crippen MR) is 148 cm³/mol. The first-order chi connectivity index (χ1) is 17.0. The van der Waals surface area contributed by atoms with Crippen molar-refractivity contribution in [1.29, 1.82) is 0 Å². The van der Waals surface area contributed by atoms with Gasteiger partial charge in [0.25, 0.3) is 0 Å². The lowest BCUT2D eigenvalue weighted by Gasteiger charge is -2.32. The molecule has 0 aliphatic heterocycles. The number of hydrogen-bond acceptors (Lipinski definition) is 3. The fourth-order valence-corrected chi connectivity index (χ4v) is 4.82. The molecular weight excluding hydrogens is 520 g/mol. The second-order valence-electron chi connectivity index (χ2n) is 8.58. The Balaban J connectivity index is 1.85. The molecular formula is C29H33BrN2O2S. The molecule has 0 aliphatic carbocycles. The van der Waals surface area contributed by atoms with Crippen LogP contribution >= 0.6 is 27.7 Å². The molecule has 0 aromatic heterocycles. The second kappa shape index (κ2) is 14.1. The smallest absolute Gasteiger partial charge is 0.243 e. The lowest BCUT2D eigenvalue weighted by atomic mass is 10.0. The van der Waals surface area contributed by atoms with E-state index in [1.807, 2.05) is 98.8 Å². The number of halogens is 1. The third-order valence-electron chi connectivity index (χ3n) is 5.87. The number of benzene rings is 3. The van der Waals surface area contributed by atoms with Crippen molar-refractivity contribution in [3.63, 3.8) is 0 Å². The van der Waals surface area contributed by atoms with Gasteiger partial charge in [-0.15, -0.1) is 11.8 Å². The van der Waals surface area contributed by atoms with Gasteiger partial charge in [0, 0.05) is 40.5 Å². The summed E-state index contributed by atoms with van der Waals surface area (Å²) in [6.07, 6.45) is 1.66. The molecule has 0 bridgehead atoms. The third-order valence-corrected chi connectivity index (χ3v) is 7.41. The molecule has 0 saturated carbocycles. The molecule has 2 unspecified atom stereocenters. The van der Waals surface area contributed by atoms with E-state index in [1.54, 1.807) is 16.7 Å². The molecule has 3 rings (SSSR count). The lowest BCUT2D eigenvalue weighted by molar-refractivity contribution is -0.141. The first-order valence-corrected chi connectivity index (χ1v) is 13.8. The summed E-state index contributed by atoms with van der Waals surface area (Å²) in [4.78, 5) is 30.0. The molecule has 0 heterocycles. The molecule has 2 amide bonds. The van der Waals surface area contributed by atoms with Gasteiger partial charge >= 0.3 is 0 Å². The van der Waals surface area contributed by atoms with Gasteiger partial charge in [-0.1, -0.05) is 83.5 Å². The molecule has 0 aliphatic rings. The van der Waals surface area contributed by atoms with E-state index < -0.39 is 6.04 Å². The Morgan fingerprint density at radius 2 is 1.54 bits per heavy atom. The highest BCUT2D eigenvalue weighted by Crippen LogP contribution is 2.21. The summed E-state index contributed by atoms with van der Waals surface area (Å²) in [6.45, 7) is 4.42. The zero-order chi connectivity index (χ0) is 25.0. The average Bonchev–Trinajstić information content (AvgIpc) is 2.88. The Hall–Kier alpha value is -2.57. The number of amides is 2. The standard InChI is InChI=1S/C29H33BrN2O2S/c1-3-22(2)31-29(34)27(20-23-10-6-4-7-11-23)32(21-24-14-16-25(30)17-15-24)28(33)18-19-35-26-12-8-5-9-13-26/h4-17,22,27H,3,18-21H2,1-2H3,(H,31,34). The van der Waals surface area contributed by atoms with E-state index in [0.29, 0.717) is 25.1 Å². The van der Waals surface area contributed by atoms with Crippen molar-refractivity contribution >= 4 is 39.5 Å². The number of nitrogens with zero attached hydrogens (tertiary/aromatic N) is 1. The fourth-order valence-electron chi connectivity index (χ4n) is 3.70. The van der Waals surface area contributed by atoms with E-state index in [2.05, 4.69) is 21.2 Å². The number of nitrogens with one attached hydrogen (secondary N) is 1. The van der Waals surface area contributed by atoms with E-state index in [4.69, 9.17) is 0 Å². The van der Waals surface area contributed by atoms with Crippen LogP contribution in [0.1, 0.15) is 37.8 Å². The number of rotatable bonds is 12. The fraction of sp³-hybridized carbons (Fsp3) is 0.310. The van der Waals surface area contributed by atoms with Crippen molar-refractivity contribution in [1.82, 2.24) is 10.2 Å². The molecule has 0 radical (unpaired) electrons. The summed E-state index contributed by atoms with van der Waals surface area (Å²) < 4.78 is 0.980. The molecule has 3 aromatic rings. The topological polar surface area (TPSA) is 49.4 Å². The Morgan fingerprint density at radius 1 is 0.914 bits per heavy atom. The van der Waals surface area contributed by atoms with Gasteiger partial charge in [-0.3, -0.25) is 9.59 Å². The zero-order valence-corrected chi connectivity index (χ0v) is 22.7. The van der Waals surface area contributed by atoms with Gasteiger partial charge in [0.2, 0.25) is 11.8 Å². The summed E-state index contributed by atoms with van der Waals surface area (Å²) in [5, 5.41) is 3.12. The Morgan fingerprint density at radius 3 is 2.17 bits per heavy atom. The van der Waals surface area contributed by atoms with Crippen LogP contribution in [0.5, 0.6) is 0 Å². The van der Waals surface area contributed by atoms with E-state index >= 15 is 0 Å². The van der Waals surface area contributed by atoms with Crippen LogP contribution in [-0.2, 0) is 22.6 Å². The van der Waals surface area contributed by atoms with Crippen LogP contribution in [0.4, 0.5) is 0 Å². The average molecular weight is 554 g/mol. The van der Waals surface area contributed by atoms with Crippen LogP contribution in [0.15, 0.2) is 94.3 Å². The van der Waals surface area contributed by atoms with Crippen LogP contribution in [-0.4, -0.2) is 34.6 Å². The molecule has 4 nitrogen and oxygen atoms in total. The second-order valence-corrected chi connectivity index (χ2v) is 10.7. The summed E-state index contributed by atoms with van der Waals surface area (Å²) in [6, 6.07) is 27.4. The highest BCUT2D eigenvalue weighted by Gasteiger charge is 2.30. The van der Waals surface area contributed by atoms with Gasteiger partial charge < -0.3 is 10.2 Å². The molecule has 6 heteroatoms. The van der Waals surface area contributed by atoms with Gasteiger partial charge in [-0.2, -0.15) is 0 Å². The van der Waals surface area contributed by atoms with Crippen molar-refractivity contribution in [2.75, 3.05) is 5.75 Å². The highest BCUT2D eigenvalue weighted by atomic mass is 79.9. The van der Waals surface area contributed by atoms with Crippen molar-refractivity contribution < 1.29 is 9.59 Å². The number of hydrogen-bond donors (Lipinski definition) is 1.